The zero-order valence-electron chi connectivity index (χ0n) is 19.1. The summed E-state index contributed by atoms with van der Waals surface area (Å²) in [6.45, 7) is 1.25. The molecule has 3 aromatic rings. The van der Waals surface area contributed by atoms with Crippen molar-refractivity contribution in [2.24, 2.45) is 5.92 Å². The van der Waals surface area contributed by atoms with Gasteiger partial charge in [-0.1, -0.05) is 73.1 Å². The fourth-order valence-corrected chi connectivity index (χ4v) is 4.50. The van der Waals surface area contributed by atoms with E-state index in [9.17, 15) is 19.5 Å². The first-order valence-corrected chi connectivity index (χ1v) is 11.6. The molecular formula is C27H25ClN2O5. The second kappa shape index (κ2) is 10.6. The quantitative estimate of drug-likeness (QED) is 0.464. The lowest BCUT2D eigenvalue weighted by atomic mass is 9.98. The van der Waals surface area contributed by atoms with Gasteiger partial charge in [0.1, 0.15) is 13.2 Å². The molecule has 0 aliphatic heterocycles. The van der Waals surface area contributed by atoms with Crippen molar-refractivity contribution in [3.05, 3.63) is 88.9 Å². The van der Waals surface area contributed by atoms with Gasteiger partial charge in [0, 0.05) is 23.2 Å². The van der Waals surface area contributed by atoms with Crippen LogP contribution in [0.15, 0.2) is 72.8 Å². The number of nitrogens with one attached hydrogen (secondary N) is 1. The van der Waals surface area contributed by atoms with Crippen LogP contribution in [0.1, 0.15) is 24.0 Å². The Balaban J connectivity index is 1.36. The first-order valence-electron chi connectivity index (χ1n) is 11.2. The monoisotopic (exact) mass is 492 g/mol. The van der Waals surface area contributed by atoms with Gasteiger partial charge >= 0.3 is 12.1 Å². The Morgan fingerprint density at radius 1 is 1.00 bits per heavy atom. The highest BCUT2D eigenvalue weighted by Crippen LogP contribution is 2.44. The van der Waals surface area contributed by atoms with Crippen molar-refractivity contribution in [2.75, 3.05) is 24.6 Å². The Hall–Kier alpha value is -3.84. The molecule has 0 bridgehead atoms. The molecule has 8 heteroatoms. The molecule has 1 unspecified atom stereocenters. The Morgan fingerprint density at radius 3 is 2.23 bits per heavy atom. The number of aliphatic carboxylic acids is 1. The van der Waals surface area contributed by atoms with Crippen LogP contribution < -0.4 is 10.2 Å². The van der Waals surface area contributed by atoms with Gasteiger partial charge in [0.05, 0.1) is 5.92 Å². The number of anilines is 1. The van der Waals surface area contributed by atoms with Gasteiger partial charge in [-0.3, -0.25) is 9.59 Å². The summed E-state index contributed by atoms with van der Waals surface area (Å²) in [7, 11) is 0. The third kappa shape index (κ3) is 5.46. The Kier molecular flexibility index (Phi) is 7.36. The summed E-state index contributed by atoms with van der Waals surface area (Å²) in [5.41, 5.74) is 4.86. The summed E-state index contributed by atoms with van der Waals surface area (Å²) in [6.07, 6.45) is -0.640. The van der Waals surface area contributed by atoms with E-state index in [1.54, 1.807) is 25.1 Å². The van der Waals surface area contributed by atoms with Crippen LogP contribution in [0.4, 0.5) is 10.5 Å². The highest BCUT2D eigenvalue weighted by molar-refractivity contribution is 6.31. The fraction of sp³-hybridized carbons (Fsp3) is 0.222. The summed E-state index contributed by atoms with van der Waals surface area (Å²) < 4.78 is 5.51. The minimum absolute atomic E-state index is 0.00775. The molecule has 0 radical (unpaired) electrons. The van der Waals surface area contributed by atoms with E-state index in [4.69, 9.17) is 16.3 Å². The molecule has 4 rings (SSSR count). The van der Waals surface area contributed by atoms with Gasteiger partial charge in [0.2, 0.25) is 5.91 Å². The number of amides is 2. The number of hydrogen-bond donors (Lipinski definition) is 2. The van der Waals surface area contributed by atoms with E-state index in [-0.39, 0.29) is 19.1 Å². The molecule has 2 amide bonds. The van der Waals surface area contributed by atoms with E-state index in [2.05, 4.69) is 17.4 Å². The van der Waals surface area contributed by atoms with Gasteiger partial charge in [0.15, 0.2) is 0 Å². The van der Waals surface area contributed by atoms with Crippen LogP contribution in [-0.2, 0) is 14.3 Å². The van der Waals surface area contributed by atoms with Gasteiger partial charge in [-0.25, -0.2) is 4.79 Å². The molecule has 7 nitrogen and oxygen atoms in total. The maximum absolute atomic E-state index is 13.0. The first kappa shape index (κ1) is 24.3. The van der Waals surface area contributed by atoms with Crippen LogP contribution in [0, 0.1) is 5.92 Å². The minimum Gasteiger partial charge on any atom is -0.480 e. The Labute approximate surface area is 208 Å². The third-order valence-electron chi connectivity index (χ3n) is 6.00. The molecule has 0 saturated carbocycles. The standard InChI is InChI=1S/C27H25ClN2O5/c1-17(26(33)30(15-25(31)32)19-8-6-7-18(28)13-19)14-29-27(34)35-16-24-22-11-4-2-9-20(22)21-10-3-5-12-23(21)24/h2-13,17,24H,14-16H2,1H3,(H,29,34)(H,31,32). The van der Waals surface area contributed by atoms with Gasteiger partial charge < -0.3 is 20.1 Å². The minimum atomic E-state index is -1.16. The van der Waals surface area contributed by atoms with E-state index in [0.29, 0.717) is 10.7 Å². The SMILES string of the molecule is CC(CNC(=O)OCC1c2ccccc2-c2ccccc21)C(=O)N(CC(=O)O)c1cccc(Cl)c1. The van der Waals surface area contributed by atoms with Gasteiger partial charge in [-0.15, -0.1) is 0 Å². The number of alkyl carbamates (subject to hydrolysis) is 1. The zero-order valence-corrected chi connectivity index (χ0v) is 19.9. The highest BCUT2D eigenvalue weighted by atomic mass is 35.5. The van der Waals surface area contributed by atoms with Gasteiger partial charge in [0.25, 0.3) is 0 Å². The van der Waals surface area contributed by atoms with Crippen LogP contribution in [0.3, 0.4) is 0 Å². The Morgan fingerprint density at radius 2 is 1.63 bits per heavy atom. The molecule has 3 aromatic carbocycles. The number of benzene rings is 3. The smallest absolute Gasteiger partial charge is 0.407 e. The number of fused-ring (bicyclic) bond motifs is 3. The molecule has 0 spiro atoms. The maximum Gasteiger partial charge on any atom is 0.407 e. The van der Waals surface area contributed by atoms with Crippen molar-refractivity contribution in [3.8, 4) is 11.1 Å². The van der Waals surface area contributed by atoms with Crippen LogP contribution in [0.5, 0.6) is 0 Å². The molecule has 0 saturated heterocycles. The molecular weight excluding hydrogens is 468 g/mol. The summed E-state index contributed by atoms with van der Waals surface area (Å²) in [5.74, 6) is -2.36. The molecule has 0 heterocycles. The number of carbonyl (C=O) groups is 3. The molecule has 0 fully saturated rings. The van der Waals surface area contributed by atoms with E-state index in [1.807, 2.05) is 36.4 Å². The number of nitrogens with zero attached hydrogens (tertiary/aromatic N) is 1. The highest BCUT2D eigenvalue weighted by Gasteiger charge is 2.29. The molecule has 180 valence electrons. The normalized spacial score (nSPS) is 12.9. The summed E-state index contributed by atoms with van der Waals surface area (Å²) in [5, 5.41) is 12.3. The van der Waals surface area contributed by atoms with Crippen LogP contribution >= 0.6 is 11.6 Å². The molecule has 1 aliphatic carbocycles. The van der Waals surface area contributed by atoms with Crippen LogP contribution in [0.25, 0.3) is 11.1 Å². The predicted molar refractivity (Wildman–Crippen MR) is 134 cm³/mol. The topological polar surface area (TPSA) is 95.9 Å². The fourth-order valence-electron chi connectivity index (χ4n) is 4.31. The number of halogens is 1. The number of carbonyl (C=O) groups excluding carboxylic acids is 2. The third-order valence-corrected chi connectivity index (χ3v) is 6.23. The average Bonchev–Trinajstić information content (AvgIpc) is 3.17. The van der Waals surface area contributed by atoms with Crippen molar-refractivity contribution in [2.45, 2.75) is 12.8 Å². The van der Waals surface area contributed by atoms with Crippen LogP contribution in [0.2, 0.25) is 5.02 Å². The van der Waals surface area contributed by atoms with E-state index in [0.717, 1.165) is 27.2 Å². The number of rotatable bonds is 8. The van der Waals surface area contributed by atoms with Crippen LogP contribution in [-0.4, -0.2) is 42.8 Å². The Bertz CT molecular complexity index is 1220. The number of carboxylic acid groups (broad SMARTS) is 1. The van der Waals surface area contributed by atoms with Crippen molar-refractivity contribution in [1.82, 2.24) is 5.32 Å². The average molecular weight is 493 g/mol. The van der Waals surface area contributed by atoms with Gasteiger partial charge in [-0.05, 0) is 40.5 Å². The maximum atomic E-state index is 13.0. The predicted octanol–water partition coefficient (Wildman–Crippen LogP) is 4.93. The molecule has 0 aromatic heterocycles. The lowest BCUT2D eigenvalue weighted by Gasteiger charge is -2.24. The largest absolute Gasteiger partial charge is 0.480 e. The van der Waals surface area contributed by atoms with Crippen molar-refractivity contribution in [3.63, 3.8) is 0 Å². The lowest BCUT2D eigenvalue weighted by molar-refractivity contribution is -0.137. The zero-order chi connectivity index (χ0) is 24.9. The lowest BCUT2D eigenvalue weighted by Crippen LogP contribution is -2.43. The molecule has 35 heavy (non-hydrogen) atoms. The van der Waals surface area contributed by atoms with E-state index in [1.165, 1.54) is 6.07 Å². The number of ether oxygens (including phenoxy) is 1. The summed E-state index contributed by atoms with van der Waals surface area (Å²) in [6, 6.07) is 22.5. The first-order chi connectivity index (χ1) is 16.8. The molecule has 2 N–H and O–H groups in total. The van der Waals surface area contributed by atoms with E-state index >= 15 is 0 Å². The second-order valence-corrected chi connectivity index (χ2v) is 8.84. The van der Waals surface area contributed by atoms with Crippen molar-refractivity contribution < 1.29 is 24.2 Å². The van der Waals surface area contributed by atoms with Gasteiger partial charge in [-0.2, -0.15) is 0 Å². The molecule has 1 aliphatic rings. The summed E-state index contributed by atoms with van der Waals surface area (Å²) in [4.78, 5) is 37.9. The number of hydrogen-bond acceptors (Lipinski definition) is 4. The second-order valence-electron chi connectivity index (χ2n) is 8.41. The van der Waals surface area contributed by atoms with Crippen molar-refractivity contribution >= 4 is 35.3 Å². The summed E-state index contributed by atoms with van der Waals surface area (Å²) >= 11 is 6.01. The van der Waals surface area contributed by atoms with E-state index < -0.39 is 30.4 Å². The molecule has 1 atom stereocenters. The number of carboxylic acids is 1. The van der Waals surface area contributed by atoms with Crippen molar-refractivity contribution in [1.29, 1.82) is 0 Å².